The van der Waals surface area contributed by atoms with Crippen molar-refractivity contribution in [2.24, 2.45) is 5.92 Å². The van der Waals surface area contributed by atoms with E-state index in [0.717, 1.165) is 24.8 Å². The predicted molar refractivity (Wildman–Crippen MR) is 109 cm³/mol. The first kappa shape index (κ1) is 20.8. The zero-order valence-electron chi connectivity index (χ0n) is 16.9. The number of rotatable bonds is 4. The van der Waals surface area contributed by atoms with Gasteiger partial charge in [-0.2, -0.15) is 0 Å². The summed E-state index contributed by atoms with van der Waals surface area (Å²) in [6.45, 7) is -0.473. The number of phenolic OH excluding ortho intramolecular Hbond substituents is 2. The molecular weight excluding hydrogens is 388 g/mol. The first-order valence-electron chi connectivity index (χ1n) is 10.3. The van der Waals surface area contributed by atoms with Gasteiger partial charge in [-0.3, -0.25) is 0 Å². The number of phenols is 3. The Balaban J connectivity index is 1.61. The molecule has 30 heavy (non-hydrogen) atoms. The summed E-state index contributed by atoms with van der Waals surface area (Å²) < 4.78 is 11.5. The lowest BCUT2D eigenvalue weighted by atomic mass is 9.72. The van der Waals surface area contributed by atoms with Crippen LogP contribution in [0.4, 0.5) is 0 Å². The fraction of sp³-hybridized carbons (Fsp3) is 0.478. The second-order valence-corrected chi connectivity index (χ2v) is 8.23. The normalized spacial score (nSPS) is 28.7. The van der Waals surface area contributed by atoms with Crippen LogP contribution >= 0.6 is 0 Å². The lowest BCUT2D eigenvalue weighted by Gasteiger charge is -2.45. The smallest absolute Gasteiger partial charge is 0.200 e. The molecule has 0 spiro atoms. The lowest BCUT2D eigenvalue weighted by molar-refractivity contribution is -0.154. The summed E-state index contributed by atoms with van der Waals surface area (Å²) in [6.07, 6.45) is 1.56. The maximum atomic E-state index is 10.8. The van der Waals surface area contributed by atoms with Gasteiger partial charge >= 0.3 is 0 Å². The molecule has 2 fully saturated rings. The molecule has 0 unspecified atom stereocenters. The molecule has 0 bridgehead atoms. The number of methoxy groups -OCH3 is 1. The summed E-state index contributed by atoms with van der Waals surface area (Å²) in [5.74, 6) is -0.250. The molecule has 7 nitrogen and oxygen atoms in total. The maximum Gasteiger partial charge on any atom is 0.200 e. The van der Waals surface area contributed by atoms with E-state index in [4.69, 9.17) is 9.47 Å². The van der Waals surface area contributed by atoms with Gasteiger partial charge in [0.15, 0.2) is 11.5 Å². The molecule has 1 aliphatic carbocycles. The van der Waals surface area contributed by atoms with E-state index in [2.05, 4.69) is 0 Å². The van der Waals surface area contributed by atoms with Gasteiger partial charge in [-0.05, 0) is 54.5 Å². The van der Waals surface area contributed by atoms with Crippen LogP contribution in [-0.2, 0) is 11.3 Å². The highest BCUT2D eigenvalue weighted by atomic mass is 16.5. The summed E-state index contributed by atoms with van der Waals surface area (Å²) in [7, 11) is 1.38. The molecule has 2 aliphatic rings. The average molecular weight is 416 g/mol. The van der Waals surface area contributed by atoms with Crippen LogP contribution in [0.2, 0.25) is 0 Å². The third kappa shape index (κ3) is 3.69. The zero-order valence-corrected chi connectivity index (χ0v) is 16.9. The van der Waals surface area contributed by atoms with E-state index in [0.29, 0.717) is 12.0 Å². The van der Waals surface area contributed by atoms with Crippen molar-refractivity contribution in [3.63, 3.8) is 0 Å². The van der Waals surface area contributed by atoms with Crippen LogP contribution in [0.1, 0.15) is 54.4 Å². The number of aliphatic hydroxyl groups is 2. The van der Waals surface area contributed by atoms with Gasteiger partial charge in [0.1, 0.15) is 5.75 Å². The zero-order chi connectivity index (χ0) is 21.4. The lowest BCUT2D eigenvalue weighted by Crippen LogP contribution is -2.44. The Bertz CT molecular complexity index is 895. The van der Waals surface area contributed by atoms with Gasteiger partial charge < -0.3 is 35.0 Å². The van der Waals surface area contributed by atoms with Gasteiger partial charge in [-0.15, -0.1) is 0 Å². The fourth-order valence-electron chi connectivity index (χ4n) is 4.96. The fourth-order valence-corrected chi connectivity index (χ4v) is 4.96. The maximum absolute atomic E-state index is 10.8. The topological polar surface area (TPSA) is 120 Å². The van der Waals surface area contributed by atoms with Crippen molar-refractivity contribution in [2.75, 3.05) is 7.11 Å². The largest absolute Gasteiger partial charge is 0.508 e. The molecule has 1 saturated heterocycles. The van der Waals surface area contributed by atoms with Gasteiger partial charge in [0.05, 0.1) is 32.0 Å². The third-order valence-electron chi connectivity index (χ3n) is 6.60. The quantitative estimate of drug-likeness (QED) is 0.486. The van der Waals surface area contributed by atoms with E-state index in [1.54, 1.807) is 18.2 Å². The molecule has 162 valence electrons. The van der Waals surface area contributed by atoms with Gasteiger partial charge in [0.2, 0.25) is 5.75 Å². The summed E-state index contributed by atoms with van der Waals surface area (Å²) >= 11 is 0. The molecule has 5 atom stereocenters. The van der Waals surface area contributed by atoms with Crippen molar-refractivity contribution >= 4 is 0 Å². The highest BCUT2D eigenvalue weighted by Crippen LogP contribution is 2.49. The molecule has 1 aliphatic heterocycles. The molecule has 0 radical (unpaired) electrons. The number of hydrogen-bond acceptors (Lipinski definition) is 7. The van der Waals surface area contributed by atoms with Gasteiger partial charge in [-0.25, -0.2) is 0 Å². The number of benzene rings is 2. The Morgan fingerprint density at radius 1 is 1.03 bits per heavy atom. The van der Waals surface area contributed by atoms with Crippen LogP contribution in [0, 0.1) is 5.92 Å². The molecule has 0 aromatic heterocycles. The van der Waals surface area contributed by atoms with Crippen LogP contribution in [0.3, 0.4) is 0 Å². The van der Waals surface area contributed by atoms with Crippen molar-refractivity contribution in [2.45, 2.75) is 56.5 Å². The van der Waals surface area contributed by atoms with Crippen LogP contribution in [0.5, 0.6) is 23.0 Å². The van der Waals surface area contributed by atoms with Gasteiger partial charge in [0, 0.05) is 17.9 Å². The van der Waals surface area contributed by atoms with E-state index in [-0.39, 0.29) is 35.0 Å². The molecule has 7 heteroatoms. The Kier molecular flexibility index (Phi) is 5.77. The summed E-state index contributed by atoms with van der Waals surface area (Å²) in [5, 5.41) is 50.5. The molecular formula is C23H28O7. The first-order valence-corrected chi connectivity index (χ1v) is 10.3. The minimum atomic E-state index is -0.567. The Labute approximate surface area is 175 Å². The van der Waals surface area contributed by atoms with Crippen molar-refractivity contribution in [3.05, 3.63) is 47.0 Å². The average Bonchev–Trinajstić information content (AvgIpc) is 2.75. The van der Waals surface area contributed by atoms with Crippen LogP contribution in [0.25, 0.3) is 0 Å². The predicted octanol–water partition coefficient (Wildman–Crippen LogP) is 3.08. The van der Waals surface area contributed by atoms with Gasteiger partial charge in [0.25, 0.3) is 0 Å². The van der Waals surface area contributed by atoms with E-state index in [1.807, 2.05) is 12.1 Å². The van der Waals surface area contributed by atoms with E-state index < -0.39 is 30.3 Å². The molecule has 2 aromatic carbocycles. The number of hydrogen-bond donors (Lipinski definition) is 5. The molecule has 5 N–H and O–H groups in total. The molecule has 1 heterocycles. The molecule has 0 amide bonds. The monoisotopic (exact) mass is 416 g/mol. The van der Waals surface area contributed by atoms with Crippen LogP contribution in [-0.4, -0.2) is 44.9 Å². The Morgan fingerprint density at radius 2 is 1.77 bits per heavy atom. The minimum absolute atomic E-state index is 0.0276. The summed E-state index contributed by atoms with van der Waals surface area (Å²) in [6, 6.07) is 8.76. The van der Waals surface area contributed by atoms with Crippen molar-refractivity contribution < 1.29 is 35.0 Å². The van der Waals surface area contributed by atoms with E-state index >= 15 is 0 Å². The SMILES string of the molecule is COc1cc([C@H]2C[C@H](O)[C@@H]3CC[C@@H](c4ccc(O)cc4)C[C@@H]3O2)c(CO)c(O)c1O. The van der Waals surface area contributed by atoms with E-state index in [9.17, 15) is 25.5 Å². The van der Waals surface area contributed by atoms with Crippen LogP contribution in [0.15, 0.2) is 30.3 Å². The second kappa shape index (κ2) is 8.34. The first-order chi connectivity index (χ1) is 14.4. The summed E-state index contributed by atoms with van der Waals surface area (Å²) in [5.41, 5.74) is 1.82. The number of aliphatic hydroxyl groups excluding tert-OH is 2. The Morgan fingerprint density at radius 3 is 2.43 bits per heavy atom. The van der Waals surface area contributed by atoms with Crippen LogP contribution < -0.4 is 4.74 Å². The highest BCUT2D eigenvalue weighted by molar-refractivity contribution is 5.58. The Hall–Kier alpha value is -2.48. The number of aromatic hydroxyl groups is 3. The minimum Gasteiger partial charge on any atom is -0.508 e. The standard InChI is InChI=1S/C23H28O7/c1-29-21-9-16(17(11-24)22(27)23(21)28)20-10-18(26)15-7-4-13(8-19(15)30-20)12-2-5-14(25)6-3-12/h2-3,5-6,9,13,15,18-20,24-28H,4,7-8,10-11H2,1H3/t13-,15+,18+,19+,20-/m1/s1. The molecule has 1 saturated carbocycles. The third-order valence-corrected chi connectivity index (χ3v) is 6.60. The van der Waals surface area contributed by atoms with Gasteiger partial charge in [-0.1, -0.05) is 12.1 Å². The highest BCUT2D eigenvalue weighted by Gasteiger charge is 2.43. The second-order valence-electron chi connectivity index (χ2n) is 8.23. The van der Waals surface area contributed by atoms with Crippen molar-refractivity contribution in [1.82, 2.24) is 0 Å². The number of fused-ring (bicyclic) bond motifs is 1. The van der Waals surface area contributed by atoms with Crippen molar-refractivity contribution in [3.8, 4) is 23.0 Å². The van der Waals surface area contributed by atoms with E-state index in [1.165, 1.54) is 7.11 Å². The number of ether oxygens (including phenoxy) is 2. The molecule has 4 rings (SSSR count). The summed E-state index contributed by atoms with van der Waals surface area (Å²) in [4.78, 5) is 0. The molecule has 2 aromatic rings. The van der Waals surface area contributed by atoms with Crippen molar-refractivity contribution in [1.29, 1.82) is 0 Å².